The van der Waals surface area contributed by atoms with E-state index in [-0.39, 0.29) is 0 Å². The quantitative estimate of drug-likeness (QED) is 0.757. The zero-order valence-corrected chi connectivity index (χ0v) is 10.2. The summed E-state index contributed by atoms with van der Waals surface area (Å²) >= 11 is 3.59. The summed E-state index contributed by atoms with van der Waals surface area (Å²) in [5, 5.41) is 0. The van der Waals surface area contributed by atoms with Crippen molar-refractivity contribution in [1.29, 1.82) is 0 Å². The maximum Gasteiger partial charge on any atom is 0.0895 e. The largest absolute Gasteiger partial charge is 0.343 e. The molecule has 0 bridgehead atoms. The van der Waals surface area contributed by atoms with Crippen molar-refractivity contribution in [3.63, 3.8) is 0 Å². The molecule has 0 spiro atoms. The molecule has 2 aromatic heterocycles. The molecule has 2 aromatic rings. The van der Waals surface area contributed by atoms with E-state index in [9.17, 15) is 0 Å². The highest BCUT2D eigenvalue weighted by Crippen LogP contribution is 2.26. The predicted molar refractivity (Wildman–Crippen MR) is 62.6 cm³/mol. The lowest BCUT2D eigenvalue weighted by atomic mass is 10.3. The van der Waals surface area contributed by atoms with Crippen LogP contribution in [-0.4, -0.2) is 9.55 Å². The number of aromatic nitrogens is 2. The molecule has 0 aliphatic carbocycles. The Hall–Kier alpha value is -0.830. The molecular formula is C11H13BrN2. The summed E-state index contributed by atoms with van der Waals surface area (Å²) in [6, 6.07) is 4.59. The van der Waals surface area contributed by atoms with Crippen LogP contribution in [0.1, 0.15) is 25.6 Å². The Kier molecular flexibility index (Phi) is 2.35. The molecule has 0 aromatic carbocycles. The molecule has 0 atom stereocenters. The minimum Gasteiger partial charge on any atom is -0.343 e. The monoisotopic (exact) mass is 252 g/mol. The number of hydrogen-bond donors (Lipinski definition) is 0. The fourth-order valence-electron chi connectivity index (χ4n) is 1.68. The lowest BCUT2D eigenvalue weighted by molar-refractivity contribution is 0.622. The van der Waals surface area contributed by atoms with Crippen molar-refractivity contribution >= 4 is 27.0 Å². The van der Waals surface area contributed by atoms with Crippen LogP contribution in [0.15, 0.2) is 22.8 Å². The number of pyridine rings is 1. The van der Waals surface area contributed by atoms with Gasteiger partial charge in [0, 0.05) is 22.4 Å². The average molecular weight is 253 g/mol. The van der Waals surface area contributed by atoms with Gasteiger partial charge in [0.25, 0.3) is 0 Å². The summed E-state index contributed by atoms with van der Waals surface area (Å²) < 4.78 is 3.35. The van der Waals surface area contributed by atoms with E-state index in [2.05, 4.69) is 57.7 Å². The van der Waals surface area contributed by atoms with E-state index in [0.717, 1.165) is 15.7 Å². The molecule has 74 valence electrons. The molecule has 2 heterocycles. The molecule has 14 heavy (non-hydrogen) atoms. The molecule has 0 unspecified atom stereocenters. The van der Waals surface area contributed by atoms with Crippen molar-refractivity contribution in [2.45, 2.75) is 26.8 Å². The average Bonchev–Trinajstić information content (AvgIpc) is 2.47. The van der Waals surface area contributed by atoms with Gasteiger partial charge in [-0.05, 0) is 48.8 Å². The fraction of sp³-hybridized carbons (Fsp3) is 0.364. The summed E-state index contributed by atoms with van der Waals surface area (Å²) in [5.41, 5.74) is 3.29. The number of halogens is 1. The molecule has 2 rings (SSSR count). The number of fused-ring (bicyclic) bond motifs is 1. The smallest absolute Gasteiger partial charge is 0.0895 e. The first-order valence-corrected chi connectivity index (χ1v) is 5.52. The van der Waals surface area contributed by atoms with Crippen LogP contribution in [-0.2, 0) is 0 Å². The Balaban J connectivity index is 2.79. The van der Waals surface area contributed by atoms with Gasteiger partial charge in [-0.25, -0.2) is 0 Å². The molecule has 0 radical (unpaired) electrons. The van der Waals surface area contributed by atoms with Crippen molar-refractivity contribution in [2.24, 2.45) is 0 Å². The van der Waals surface area contributed by atoms with Crippen LogP contribution in [0.3, 0.4) is 0 Å². The minimum absolute atomic E-state index is 0.466. The minimum atomic E-state index is 0.466. The molecule has 0 saturated heterocycles. The Morgan fingerprint density at radius 3 is 2.79 bits per heavy atom. The Morgan fingerprint density at radius 1 is 1.43 bits per heavy atom. The molecule has 3 heteroatoms. The van der Waals surface area contributed by atoms with Crippen molar-refractivity contribution in [2.75, 3.05) is 0 Å². The van der Waals surface area contributed by atoms with Crippen LogP contribution >= 0.6 is 15.9 Å². The van der Waals surface area contributed by atoms with Crippen LogP contribution in [0.25, 0.3) is 11.0 Å². The maximum absolute atomic E-state index is 4.49. The number of nitrogens with zero attached hydrogens (tertiary/aromatic N) is 2. The molecular weight excluding hydrogens is 240 g/mol. The SMILES string of the molecule is Cc1cc(Br)c2c(ccn2C(C)C)n1. The first-order chi connectivity index (χ1) is 6.59. The summed E-state index contributed by atoms with van der Waals surface area (Å²) in [4.78, 5) is 4.49. The first-order valence-electron chi connectivity index (χ1n) is 4.73. The Labute approximate surface area is 92.1 Å². The second-order valence-corrected chi connectivity index (χ2v) is 4.65. The van der Waals surface area contributed by atoms with E-state index in [1.165, 1.54) is 5.52 Å². The Bertz CT molecular complexity index is 471. The van der Waals surface area contributed by atoms with Crippen molar-refractivity contribution < 1.29 is 0 Å². The topological polar surface area (TPSA) is 17.8 Å². The van der Waals surface area contributed by atoms with E-state index >= 15 is 0 Å². The van der Waals surface area contributed by atoms with Gasteiger partial charge in [0.05, 0.1) is 11.0 Å². The highest BCUT2D eigenvalue weighted by molar-refractivity contribution is 9.10. The third-order valence-corrected chi connectivity index (χ3v) is 2.91. The van der Waals surface area contributed by atoms with E-state index < -0.39 is 0 Å². The van der Waals surface area contributed by atoms with Gasteiger partial charge >= 0.3 is 0 Å². The third-order valence-electron chi connectivity index (χ3n) is 2.31. The van der Waals surface area contributed by atoms with Crippen LogP contribution in [0.4, 0.5) is 0 Å². The molecule has 0 aliphatic rings. The van der Waals surface area contributed by atoms with Crippen LogP contribution in [0.5, 0.6) is 0 Å². The van der Waals surface area contributed by atoms with Gasteiger partial charge in [-0.3, -0.25) is 4.98 Å². The predicted octanol–water partition coefficient (Wildman–Crippen LogP) is 3.69. The normalized spacial score (nSPS) is 11.5. The van der Waals surface area contributed by atoms with E-state index in [4.69, 9.17) is 0 Å². The molecule has 2 nitrogen and oxygen atoms in total. The first kappa shape index (κ1) is 9.71. The zero-order chi connectivity index (χ0) is 10.3. The number of aryl methyl sites for hydroxylation is 1. The van der Waals surface area contributed by atoms with Gasteiger partial charge in [0.2, 0.25) is 0 Å². The summed E-state index contributed by atoms with van der Waals surface area (Å²) in [6.07, 6.45) is 2.09. The summed E-state index contributed by atoms with van der Waals surface area (Å²) in [5.74, 6) is 0. The van der Waals surface area contributed by atoms with Crippen LogP contribution in [0.2, 0.25) is 0 Å². The Morgan fingerprint density at radius 2 is 2.14 bits per heavy atom. The van der Waals surface area contributed by atoms with Gasteiger partial charge in [-0.15, -0.1) is 0 Å². The van der Waals surface area contributed by atoms with Crippen LogP contribution < -0.4 is 0 Å². The highest BCUT2D eigenvalue weighted by atomic mass is 79.9. The van der Waals surface area contributed by atoms with Gasteiger partial charge < -0.3 is 4.57 Å². The number of hydrogen-bond acceptors (Lipinski definition) is 1. The van der Waals surface area contributed by atoms with E-state index in [1.54, 1.807) is 0 Å². The second-order valence-electron chi connectivity index (χ2n) is 3.80. The van der Waals surface area contributed by atoms with E-state index in [0.29, 0.717) is 6.04 Å². The van der Waals surface area contributed by atoms with Crippen molar-refractivity contribution in [1.82, 2.24) is 9.55 Å². The fourth-order valence-corrected chi connectivity index (χ4v) is 2.42. The summed E-state index contributed by atoms with van der Waals surface area (Å²) in [6.45, 7) is 6.36. The third kappa shape index (κ3) is 1.46. The van der Waals surface area contributed by atoms with Crippen LogP contribution in [0, 0.1) is 6.92 Å². The molecule has 0 amide bonds. The lowest BCUT2D eigenvalue weighted by Crippen LogP contribution is -1.99. The number of rotatable bonds is 1. The zero-order valence-electron chi connectivity index (χ0n) is 8.58. The second kappa shape index (κ2) is 3.39. The molecule has 0 aliphatic heterocycles. The molecule has 0 saturated carbocycles. The lowest BCUT2D eigenvalue weighted by Gasteiger charge is -2.10. The highest BCUT2D eigenvalue weighted by Gasteiger charge is 2.08. The van der Waals surface area contributed by atoms with Gasteiger partial charge in [-0.1, -0.05) is 0 Å². The molecule has 0 fully saturated rings. The molecule has 0 N–H and O–H groups in total. The standard InChI is InChI=1S/C11H13BrN2/c1-7(2)14-5-4-10-11(14)9(12)6-8(3)13-10/h4-7H,1-3H3. The van der Waals surface area contributed by atoms with Gasteiger partial charge in [-0.2, -0.15) is 0 Å². The van der Waals surface area contributed by atoms with E-state index in [1.807, 2.05) is 6.92 Å². The van der Waals surface area contributed by atoms with Crippen molar-refractivity contribution in [3.8, 4) is 0 Å². The maximum atomic E-state index is 4.49. The van der Waals surface area contributed by atoms with Gasteiger partial charge in [0.15, 0.2) is 0 Å². The van der Waals surface area contributed by atoms with Crippen molar-refractivity contribution in [3.05, 3.63) is 28.5 Å². The van der Waals surface area contributed by atoms with Gasteiger partial charge in [0.1, 0.15) is 0 Å². The summed E-state index contributed by atoms with van der Waals surface area (Å²) in [7, 11) is 0.